The zero-order valence-electron chi connectivity index (χ0n) is 12.6. The molecule has 112 valence electrons. The van der Waals surface area contributed by atoms with Crippen LogP contribution in [0.15, 0.2) is 24.7 Å². The fourth-order valence-corrected chi connectivity index (χ4v) is 2.05. The van der Waals surface area contributed by atoms with Crippen LogP contribution >= 0.6 is 0 Å². The third-order valence-electron chi connectivity index (χ3n) is 3.16. The number of aryl methyl sites for hydroxylation is 1. The number of ketones is 1. The molecule has 0 aliphatic rings. The normalized spacial score (nSPS) is 11.6. The Hall–Kier alpha value is -2.37. The molecule has 0 atom stereocenters. The maximum Gasteiger partial charge on any atom is 0.352 e. The molecular weight excluding hydrogens is 270 g/mol. The molecule has 6 nitrogen and oxygen atoms in total. The van der Waals surface area contributed by atoms with Crippen molar-refractivity contribution in [3.63, 3.8) is 0 Å². The van der Waals surface area contributed by atoms with E-state index in [2.05, 4.69) is 5.10 Å². The molecule has 2 heterocycles. The number of aromatic carboxylic acids is 1. The molecular formula is C15H19N3O3. The minimum absolute atomic E-state index is 0.00862. The first kappa shape index (κ1) is 15.0. The van der Waals surface area contributed by atoms with E-state index in [1.165, 1.54) is 10.8 Å². The van der Waals surface area contributed by atoms with E-state index in [1.807, 2.05) is 20.8 Å². The summed E-state index contributed by atoms with van der Waals surface area (Å²) >= 11 is 0. The number of nitrogens with zero attached hydrogens (tertiary/aromatic N) is 3. The van der Waals surface area contributed by atoms with Crippen molar-refractivity contribution in [2.75, 3.05) is 0 Å². The Kier molecular flexibility index (Phi) is 3.72. The molecule has 0 bridgehead atoms. The lowest BCUT2D eigenvalue weighted by Gasteiger charge is -2.18. The van der Waals surface area contributed by atoms with Crippen molar-refractivity contribution in [2.45, 2.75) is 39.8 Å². The molecule has 0 aliphatic carbocycles. The second-order valence-corrected chi connectivity index (χ2v) is 6.10. The molecule has 0 spiro atoms. The predicted octanol–water partition coefficient (Wildman–Crippen LogP) is 2.33. The monoisotopic (exact) mass is 289 g/mol. The lowest BCUT2D eigenvalue weighted by molar-refractivity contribution is 0.0685. The molecule has 2 rings (SSSR count). The molecule has 1 N–H and O–H groups in total. The maximum absolute atomic E-state index is 12.3. The van der Waals surface area contributed by atoms with E-state index in [0.717, 1.165) is 5.56 Å². The second-order valence-electron chi connectivity index (χ2n) is 6.10. The number of carbonyl (C=O) groups excluding carboxylic acids is 1. The Bertz CT molecular complexity index is 689. The summed E-state index contributed by atoms with van der Waals surface area (Å²) in [6.07, 6.45) is 4.87. The Balaban J connectivity index is 2.22. The van der Waals surface area contributed by atoms with E-state index < -0.39 is 5.97 Å². The van der Waals surface area contributed by atoms with Crippen LogP contribution in [0.2, 0.25) is 0 Å². The molecule has 0 radical (unpaired) electrons. The highest BCUT2D eigenvalue weighted by atomic mass is 16.4. The van der Waals surface area contributed by atoms with Crippen molar-refractivity contribution >= 4 is 11.8 Å². The number of hydrogen-bond donors (Lipinski definition) is 1. The molecule has 6 heteroatoms. The van der Waals surface area contributed by atoms with Crippen molar-refractivity contribution in [2.24, 2.45) is 0 Å². The largest absolute Gasteiger partial charge is 0.477 e. The van der Waals surface area contributed by atoms with Crippen LogP contribution in [0.5, 0.6) is 0 Å². The summed E-state index contributed by atoms with van der Waals surface area (Å²) in [5.74, 6) is -1.20. The van der Waals surface area contributed by atoms with Gasteiger partial charge in [-0.15, -0.1) is 0 Å². The third-order valence-corrected chi connectivity index (χ3v) is 3.16. The first-order valence-corrected chi connectivity index (χ1v) is 6.67. The minimum Gasteiger partial charge on any atom is -0.477 e. The van der Waals surface area contributed by atoms with E-state index in [1.54, 1.807) is 30.1 Å². The molecule has 0 amide bonds. The first-order chi connectivity index (χ1) is 9.68. The fraction of sp³-hybridized carbons (Fsp3) is 0.400. The lowest BCUT2D eigenvalue weighted by Crippen LogP contribution is -2.22. The third kappa shape index (κ3) is 3.21. The highest BCUT2D eigenvalue weighted by Gasteiger charge is 2.18. The van der Waals surface area contributed by atoms with Gasteiger partial charge in [0.2, 0.25) is 0 Å². The molecule has 0 fully saturated rings. The average molecular weight is 289 g/mol. The van der Waals surface area contributed by atoms with Crippen LogP contribution in [0.1, 0.15) is 47.2 Å². The fourth-order valence-electron chi connectivity index (χ4n) is 2.05. The van der Waals surface area contributed by atoms with Crippen LogP contribution in [-0.4, -0.2) is 31.2 Å². The molecule has 0 aliphatic heterocycles. The highest BCUT2D eigenvalue weighted by molar-refractivity contribution is 5.96. The molecule has 21 heavy (non-hydrogen) atoms. The van der Waals surface area contributed by atoms with Gasteiger partial charge in [-0.25, -0.2) is 4.79 Å². The van der Waals surface area contributed by atoms with Crippen LogP contribution in [0, 0.1) is 6.92 Å². The van der Waals surface area contributed by atoms with Gasteiger partial charge in [-0.2, -0.15) is 5.10 Å². The first-order valence-electron chi connectivity index (χ1n) is 6.67. The van der Waals surface area contributed by atoms with Crippen molar-refractivity contribution < 1.29 is 14.7 Å². The van der Waals surface area contributed by atoms with Gasteiger partial charge in [0.25, 0.3) is 0 Å². The van der Waals surface area contributed by atoms with E-state index in [9.17, 15) is 9.59 Å². The summed E-state index contributed by atoms with van der Waals surface area (Å²) in [7, 11) is 0. The van der Waals surface area contributed by atoms with Gasteiger partial charge >= 0.3 is 5.97 Å². The van der Waals surface area contributed by atoms with Crippen LogP contribution in [0.25, 0.3) is 0 Å². The molecule has 0 saturated heterocycles. The summed E-state index contributed by atoms with van der Waals surface area (Å²) in [6.45, 7) is 7.76. The van der Waals surface area contributed by atoms with Gasteiger partial charge in [0.15, 0.2) is 5.78 Å². The summed E-state index contributed by atoms with van der Waals surface area (Å²) in [5, 5.41) is 13.3. The van der Waals surface area contributed by atoms with Gasteiger partial charge in [-0.05, 0) is 39.3 Å². The van der Waals surface area contributed by atoms with Gasteiger partial charge in [0, 0.05) is 12.4 Å². The van der Waals surface area contributed by atoms with Crippen molar-refractivity contribution in [1.29, 1.82) is 0 Å². The number of aromatic nitrogens is 3. The number of Topliss-reactive ketones (excluding diaryl/α,β-unsaturated/α-hetero) is 1. The zero-order valence-corrected chi connectivity index (χ0v) is 12.6. The summed E-state index contributed by atoms with van der Waals surface area (Å²) in [6, 6.07) is 1.55. The molecule has 0 unspecified atom stereocenters. The number of carboxylic acids is 1. The SMILES string of the molecule is Cc1cc(C(=O)O)n(CC(=O)c2cnn(C(C)(C)C)c2)c1. The standard InChI is InChI=1S/C15H19N3O3/c1-10-5-12(14(20)21)17(7-10)9-13(19)11-6-16-18(8-11)15(2,3)4/h5-8H,9H2,1-4H3,(H,20,21). The highest BCUT2D eigenvalue weighted by Crippen LogP contribution is 2.15. The van der Waals surface area contributed by atoms with Crippen molar-refractivity contribution in [3.05, 3.63) is 41.5 Å². The van der Waals surface area contributed by atoms with Gasteiger partial charge in [0.05, 0.1) is 23.8 Å². The van der Waals surface area contributed by atoms with Crippen molar-refractivity contribution in [3.8, 4) is 0 Å². The summed E-state index contributed by atoms with van der Waals surface area (Å²) < 4.78 is 3.17. The molecule has 0 aromatic carbocycles. The molecule has 2 aromatic rings. The number of carbonyl (C=O) groups is 2. The maximum atomic E-state index is 12.3. The lowest BCUT2D eigenvalue weighted by atomic mass is 10.1. The Labute approximate surface area is 123 Å². The van der Waals surface area contributed by atoms with Gasteiger partial charge in [0.1, 0.15) is 5.69 Å². The summed E-state index contributed by atoms with van der Waals surface area (Å²) in [4.78, 5) is 23.4. The van der Waals surface area contributed by atoms with Gasteiger partial charge in [-0.1, -0.05) is 0 Å². The quantitative estimate of drug-likeness (QED) is 0.876. The van der Waals surface area contributed by atoms with E-state index in [0.29, 0.717) is 5.56 Å². The number of rotatable bonds is 4. The Morgan fingerprint density at radius 2 is 1.95 bits per heavy atom. The summed E-state index contributed by atoms with van der Waals surface area (Å²) in [5.41, 5.74) is 1.21. The predicted molar refractivity (Wildman–Crippen MR) is 77.7 cm³/mol. The van der Waals surface area contributed by atoms with E-state index >= 15 is 0 Å². The topological polar surface area (TPSA) is 77.1 Å². The number of hydrogen-bond acceptors (Lipinski definition) is 3. The Morgan fingerprint density at radius 1 is 1.29 bits per heavy atom. The number of carboxylic acid groups (broad SMARTS) is 1. The van der Waals surface area contributed by atoms with Crippen LogP contribution < -0.4 is 0 Å². The zero-order chi connectivity index (χ0) is 15.8. The Morgan fingerprint density at radius 3 is 2.48 bits per heavy atom. The minimum atomic E-state index is -1.04. The van der Waals surface area contributed by atoms with E-state index in [-0.39, 0.29) is 23.6 Å². The van der Waals surface area contributed by atoms with Gasteiger partial charge in [-0.3, -0.25) is 9.48 Å². The van der Waals surface area contributed by atoms with E-state index in [4.69, 9.17) is 5.11 Å². The average Bonchev–Trinajstić information content (AvgIpc) is 2.94. The smallest absolute Gasteiger partial charge is 0.352 e. The van der Waals surface area contributed by atoms with Crippen LogP contribution in [-0.2, 0) is 12.1 Å². The van der Waals surface area contributed by atoms with Crippen LogP contribution in [0.4, 0.5) is 0 Å². The van der Waals surface area contributed by atoms with Crippen molar-refractivity contribution in [1.82, 2.24) is 14.3 Å². The molecule has 2 aromatic heterocycles. The van der Waals surface area contributed by atoms with Crippen LogP contribution in [0.3, 0.4) is 0 Å². The molecule has 0 saturated carbocycles. The van der Waals surface area contributed by atoms with Gasteiger partial charge < -0.3 is 9.67 Å². The second kappa shape index (κ2) is 5.20.